The number of benzene rings is 3. The minimum absolute atomic E-state index is 0.198. The van der Waals surface area contributed by atoms with Crippen molar-refractivity contribution in [2.75, 3.05) is 0 Å². The van der Waals surface area contributed by atoms with Crippen molar-refractivity contribution in [1.29, 1.82) is 0 Å². The van der Waals surface area contributed by atoms with E-state index in [-0.39, 0.29) is 22.3 Å². The fourth-order valence-electron chi connectivity index (χ4n) is 3.75. The molecule has 170 valence electrons. The molecule has 0 radical (unpaired) electrons. The van der Waals surface area contributed by atoms with Crippen molar-refractivity contribution < 1.29 is 40.2 Å². The molecule has 3 aromatic carbocycles. The van der Waals surface area contributed by atoms with E-state index < -0.39 is 62.8 Å². The lowest BCUT2D eigenvalue weighted by Gasteiger charge is -2.20. The number of aromatic hydroxyl groups is 6. The van der Waals surface area contributed by atoms with Crippen molar-refractivity contribution >= 4 is 17.1 Å². The lowest BCUT2D eigenvalue weighted by atomic mass is 9.87. The highest BCUT2D eigenvalue weighted by Gasteiger charge is 2.30. The van der Waals surface area contributed by atoms with E-state index in [2.05, 4.69) is 6.58 Å². The first-order valence-electron chi connectivity index (χ1n) is 9.75. The summed E-state index contributed by atoms with van der Waals surface area (Å²) in [6.45, 7) is 7.63. The van der Waals surface area contributed by atoms with E-state index in [1.807, 2.05) is 0 Å². The summed E-state index contributed by atoms with van der Waals surface area (Å²) in [5.41, 5.74) is -1.47. The molecule has 8 nitrogen and oxygen atoms in total. The normalized spacial score (nSPS) is 10.8. The second-order valence-corrected chi connectivity index (χ2v) is 7.65. The van der Waals surface area contributed by atoms with Crippen molar-refractivity contribution in [2.24, 2.45) is 0 Å². The monoisotopic (exact) mass is 450 g/mol. The van der Waals surface area contributed by atoms with Gasteiger partial charge in [-0.05, 0) is 56.7 Å². The van der Waals surface area contributed by atoms with Gasteiger partial charge >= 0.3 is 0 Å². The van der Waals surface area contributed by atoms with E-state index in [4.69, 9.17) is 0 Å². The summed E-state index contributed by atoms with van der Waals surface area (Å²) >= 11 is 0. The molecule has 8 heteroatoms. The molecule has 0 spiro atoms. The van der Waals surface area contributed by atoms with Crippen LogP contribution in [0.5, 0.6) is 34.5 Å². The van der Waals surface area contributed by atoms with Gasteiger partial charge in [-0.2, -0.15) is 0 Å². The second kappa shape index (κ2) is 8.23. The van der Waals surface area contributed by atoms with Gasteiger partial charge in [-0.15, -0.1) is 0 Å². The summed E-state index contributed by atoms with van der Waals surface area (Å²) in [4.78, 5) is 24.3. The molecule has 3 rings (SSSR count). The lowest BCUT2D eigenvalue weighted by molar-refractivity contribution is 0.100. The minimum Gasteiger partial charge on any atom is -0.507 e. The predicted molar refractivity (Wildman–Crippen MR) is 122 cm³/mol. The van der Waals surface area contributed by atoms with Gasteiger partial charge < -0.3 is 30.6 Å². The average Bonchev–Trinajstić information content (AvgIpc) is 2.70. The first-order valence-corrected chi connectivity index (χ1v) is 9.75. The second-order valence-electron chi connectivity index (χ2n) is 7.65. The van der Waals surface area contributed by atoms with E-state index in [9.17, 15) is 40.2 Å². The molecule has 0 aromatic heterocycles. The summed E-state index contributed by atoms with van der Waals surface area (Å²) in [6, 6.07) is 5.88. The zero-order valence-electron chi connectivity index (χ0n) is 18.1. The Kier molecular flexibility index (Phi) is 5.79. The number of Topliss-reactive ketones (excluding diaryl/α,β-unsaturated/α-hetero) is 2. The molecule has 33 heavy (non-hydrogen) atoms. The molecule has 0 bridgehead atoms. The van der Waals surface area contributed by atoms with Crippen molar-refractivity contribution in [2.45, 2.75) is 20.8 Å². The largest absolute Gasteiger partial charge is 0.507 e. The van der Waals surface area contributed by atoms with Crippen molar-refractivity contribution in [3.63, 3.8) is 0 Å². The van der Waals surface area contributed by atoms with Gasteiger partial charge in [0, 0.05) is 16.7 Å². The number of phenolic OH excluding ortho intramolecular Hbond substituents is 6. The number of ketones is 2. The van der Waals surface area contributed by atoms with Crippen molar-refractivity contribution in [3.05, 3.63) is 53.6 Å². The summed E-state index contributed by atoms with van der Waals surface area (Å²) in [5, 5.41) is 64.2. The molecule has 6 N–H and O–H groups in total. The van der Waals surface area contributed by atoms with Crippen LogP contribution in [0.15, 0.2) is 36.9 Å². The number of hydrogen-bond donors (Lipinski definition) is 6. The third-order valence-corrected chi connectivity index (χ3v) is 5.30. The van der Waals surface area contributed by atoms with Crippen LogP contribution in [-0.2, 0) is 0 Å². The van der Waals surface area contributed by atoms with Crippen LogP contribution >= 0.6 is 0 Å². The maximum Gasteiger partial charge on any atom is 0.164 e. The molecule has 0 aliphatic rings. The van der Waals surface area contributed by atoms with E-state index in [1.54, 1.807) is 6.92 Å². The molecule has 0 heterocycles. The fraction of sp³-hybridized carbons (Fsp3) is 0.120. The molecule has 0 saturated carbocycles. The van der Waals surface area contributed by atoms with E-state index in [0.29, 0.717) is 5.57 Å². The van der Waals surface area contributed by atoms with Gasteiger partial charge in [0.2, 0.25) is 0 Å². The van der Waals surface area contributed by atoms with Crippen LogP contribution in [0, 0.1) is 0 Å². The number of rotatable bonds is 5. The average molecular weight is 450 g/mol. The van der Waals surface area contributed by atoms with Gasteiger partial charge in [-0.3, -0.25) is 9.59 Å². The Hall–Kier alpha value is -4.46. The Balaban J connectivity index is 2.54. The van der Waals surface area contributed by atoms with Crippen LogP contribution in [0.1, 0.15) is 47.1 Å². The summed E-state index contributed by atoms with van der Waals surface area (Å²) in [5.74, 6) is -4.89. The zero-order chi connectivity index (χ0) is 24.8. The zero-order valence-corrected chi connectivity index (χ0v) is 18.1. The Labute approximate surface area is 188 Å². The molecule has 0 atom stereocenters. The maximum absolute atomic E-state index is 12.4. The summed E-state index contributed by atoms with van der Waals surface area (Å²) in [7, 11) is 0. The Morgan fingerprint density at radius 2 is 1.15 bits per heavy atom. The van der Waals surface area contributed by atoms with Crippen LogP contribution in [-0.4, -0.2) is 42.2 Å². The Bertz CT molecular complexity index is 1350. The highest BCUT2D eigenvalue weighted by atomic mass is 16.3. The van der Waals surface area contributed by atoms with E-state index >= 15 is 0 Å². The molecule has 0 aliphatic carbocycles. The molecular formula is C25H22O8. The van der Waals surface area contributed by atoms with Gasteiger partial charge in [-0.1, -0.05) is 6.58 Å². The fourth-order valence-corrected chi connectivity index (χ4v) is 3.75. The van der Waals surface area contributed by atoms with E-state index in [1.165, 1.54) is 25.1 Å². The van der Waals surface area contributed by atoms with Crippen LogP contribution in [0.25, 0.3) is 27.8 Å². The summed E-state index contributed by atoms with van der Waals surface area (Å²) < 4.78 is 0. The van der Waals surface area contributed by atoms with Gasteiger partial charge in [0.25, 0.3) is 0 Å². The van der Waals surface area contributed by atoms with Gasteiger partial charge in [0.05, 0.1) is 22.3 Å². The highest BCUT2D eigenvalue weighted by Crippen LogP contribution is 2.54. The number of carbonyl (C=O) groups excluding carboxylic acids is 2. The smallest absolute Gasteiger partial charge is 0.164 e. The molecule has 0 aliphatic heterocycles. The van der Waals surface area contributed by atoms with Crippen LogP contribution in [0.3, 0.4) is 0 Å². The third-order valence-electron chi connectivity index (χ3n) is 5.30. The minimum atomic E-state index is -0.742. The predicted octanol–water partition coefficient (Wildman–Crippen LogP) is 4.69. The molecule has 0 saturated heterocycles. The number of hydrogen-bond acceptors (Lipinski definition) is 8. The Morgan fingerprint density at radius 1 is 0.636 bits per heavy atom. The SMILES string of the molecule is C=C(C)c1ccc(O)c(-c2cc(O)c(C(C)=O)c(-c3c(O)ccc(C(C)=O)c3O)c2O)c1O. The van der Waals surface area contributed by atoms with E-state index in [0.717, 1.165) is 19.1 Å². The van der Waals surface area contributed by atoms with Crippen LogP contribution in [0.2, 0.25) is 0 Å². The molecular weight excluding hydrogens is 428 g/mol. The maximum atomic E-state index is 12.4. The molecule has 0 amide bonds. The first-order chi connectivity index (χ1) is 15.4. The first kappa shape index (κ1) is 23.2. The topological polar surface area (TPSA) is 156 Å². The molecule has 0 fully saturated rings. The standard InChI is InChI=1S/C25H22O8/c1-10(2)13-5-7-16(28)20(23(13)31)15-9-18(30)19(12(4)27)22(25(15)33)21-17(29)8-6-14(11(3)26)24(21)32/h5-9,28-33H,1H2,2-4H3. The van der Waals surface area contributed by atoms with Crippen LogP contribution < -0.4 is 0 Å². The lowest BCUT2D eigenvalue weighted by Crippen LogP contribution is -2.02. The van der Waals surface area contributed by atoms with Gasteiger partial charge in [-0.25, -0.2) is 0 Å². The number of allylic oxidation sites excluding steroid dienone is 1. The quantitative estimate of drug-likeness (QED) is 0.241. The van der Waals surface area contributed by atoms with Crippen molar-refractivity contribution in [1.82, 2.24) is 0 Å². The Morgan fingerprint density at radius 3 is 1.67 bits per heavy atom. The van der Waals surface area contributed by atoms with Gasteiger partial charge in [0.1, 0.15) is 34.5 Å². The van der Waals surface area contributed by atoms with Crippen LogP contribution in [0.4, 0.5) is 0 Å². The number of carbonyl (C=O) groups is 2. The van der Waals surface area contributed by atoms with Crippen molar-refractivity contribution in [3.8, 4) is 56.8 Å². The summed E-state index contributed by atoms with van der Waals surface area (Å²) in [6.07, 6.45) is 0. The molecule has 3 aromatic rings. The third kappa shape index (κ3) is 3.71. The number of phenols is 6. The molecule has 0 unspecified atom stereocenters. The van der Waals surface area contributed by atoms with Gasteiger partial charge in [0.15, 0.2) is 11.6 Å². The highest BCUT2D eigenvalue weighted by molar-refractivity contribution is 6.10.